The molecule has 1 saturated heterocycles. The largest absolute Gasteiger partial charge is 0.449 e. The average molecular weight is 361 g/mol. The molecular formula is C20H31N3O3. The fraction of sp³-hybridized carbons (Fsp3) is 0.600. The van der Waals surface area contributed by atoms with Crippen LogP contribution in [-0.4, -0.2) is 61.1 Å². The van der Waals surface area contributed by atoms with Crippen LogP contribution in [0.5, 0.6) is 0 Å². The molecule has 6 nitrogen and oxygen atoms in total. The lowest BCUT2D eigenvalue weighted by Crippen LogP contribution is -2.50. The van der Waals surface area contributed by atoms with E-state index in [1.54, 1.807) is 4.90 Å². The predicted octanol–water partition coefficient (Wildman–Crippen LogP) is 2.91. The molecule has 0 saturated carbocycles. The number of nitrogens with one attached hydrogen (secondary N) is 1. The Morgan fingerprint density at radius 2 is 1.88 bits per heavy atom. The SMILES string of the molecule is CCc1cccc(C)c1NC(=O)CN1CCN(C(=O)OCC(C)C)CC1. The van der Waals surface area contributed by atoms with Crippen LogP contribution in [0.25, 0.3) is 0 Å². The number of amides is 2. The smallest absolute Gasteiger partial charge is 0.409 e. The number of aryl methyl sites for hydroxylation is 2. The second kappa shape index (κ2) is 9.57. The summed E-state index contributed by atoms with van der Waals surface area (Å²) < 4.78 is 5.27. The van der Waals surface area contributed by atoms with Gasteiger partial charge in [0.1, 0.15) is 0 Å². The second-order valence-corrected chi connectivity index (χ2v) is 7.24. The molecule has 144 valence electrons. The number of benzene rings is 1. The average Bonchev–Trinajstić information content (AvgIpc) is 2.62. The van der Waals surface area contributed by atoms with Crippen LogP contribution in [0.15, 0.2) is 18.2 Å². The Balaban J connectivity index is 1.81. The number of piperazine rings is 1. The van der Waals surface area contributed by atoms with Gasteiger partial charge in [0.15, 0.2) is 0 Å². The standard InChI is InChI=1S/C20H31N3O3/c1-5-17-8-6-7-16(4)19(17)21-18(24)13-22-9-11-23(12-10-22)20(25)26-14-15(2)3/h6-8,15H,5,9-14H2,1-4H3,(H,21,24). The molecule has 1 fully saturated rings. The van der Waals surface area contributed by atoms with Gasteiger partial charge in [0, 0.05) is 31.9 Å². The molecule has 0 spiro atoms. The number of ether oxygens (including phenoxy) is 1. The first-order valence-electron chi connectivity index (χ1n) is 9.43. The first-order chi connectivity index (χ1) is 12.4. The van der Waals surface area contributed by atoms with Crippen LogP contribution in [0.3, 0.4) is 0 Å². The van der Waals surface area contributed by atoms with Crippen molar-refractivity contribution >= 4 is 17.7 Å². The highest BCUT2D eigenvalue weighted by Crippen LogP contribution is 2.21. The molecule has 0 radical (unpaired) electrons. The van der Waals surface area contributed by atoms with Crippen molar-refractivity contribution in [2.45, 2.75) is 34.1 Å². The molecule has 1 aliphatic heterocycles. The van der Waals surface area contributed by atoms with Crippen LogP contribution < -0.4 is 5.32 Å². The molecule has 2 amide bonds. The van der Waals surface area contributed by atoms with Crippen molar-refractivity contribution in [3.63, 3.8) is 0 Å². The highest BCUT2D eigenvalue weighted by atomic mass is 16.6. The fourth-order valence-corrected chi connectivity index (χ4v) is 3.00. The Morgan fingerprint density at radius 3 is 2.50 bits per heavy atom. The van der Waals surface area contributed by atoms with Crippen molar-refractivity contribution in [3.05, 3.63) is 29.3 Å². The molecular weight excluding hydrogens is 330 g/mol. The normalized spacial score (nSPS) is 15.2. The highest BCUT2D eigenvalue weighted by molar-refractivity contribution is 5.93. The van der Waals surface area contributed by atoms with E-state index in [4.69, 9.17) is 4.74 Å². The molecule has 0 unspecified atom stereocenters. The van der Waals surface area contributed by atoms with E-state index >= 15 is 0 Å². The maximum atomic E-state index is 12.4. The predicted molar refractivity (Wildman–Crippen MR) is 103 cm³/mol. The number of carbonyl (C=O) groups excluding carboxylic acids is 2. The Kier molecular flexibility index (Phi) is 7.45. The molecule has 0 aromatic heterocycles. The van der Waals surface area contributed by atoms with Gasteiger partial charge in [-0.3, -0.25) is 9.69 Å². The lowest BCUT2D eigenvalue weighted by atomic mass is 10.1. The lowest BCUT2D eigenvalue weighted by molar-refractivity contribution is -0.117. The van der Waals surface area contributed by atoms with Crippen molar-refractivity contribution in [2.75, 3.05) is 44.6 Å². The number of carbonyl (C=O) groups is 2. The molecule has 0 atom stereocenters. The van der Waals surface area contributed by atoms with Crippen LogP contribution in [0.2, 0.25) is 0 Å². The van der Waals surface area contributed by atoms with E-state index in [2.05, 4.69) is 17.1 Å². The van der Waals surface area contributed by atoms with Gasteiger partial charge in [-0.2, -0.15) is 0 Å². The van der Waals surface area contributed by atoms with E-state index < -0.39 is 0 Å². The zero-order valence-electron chi connectivity index (χ0n) is 16.4. The molecule has 0 bridgehead atoms. The van der Waals surface area contributed by atoms with E-state index in [0.717, 1.165) is 23.2 Å². The van der Waals surface area contributed by atoms with Gasteiger partial charge in [-0.05, 0) is 30.4 Å². The van der Waals surface area contributed by atoms with Crippen LogP contribution in [0, 0.1) is 12.8 Å². The van der Waals surface area contributed by atoms with Gasteiger partial charge in [-0.15, -0.1) is 0 Å². The van der Waals surface area contributed by atoms with Gasteiger partial charge >= 0.3 is 6.09 Å². The molecule has 1 aromatic rings. The Hall–Kier alpha value is -2.08. The van der Waals surface area contributed by atoms with Crippen LogP contribution >= 0.6 is 0 Å². The molecule has 1 heterocycles. The summed E-state index contributed by atoms with van der Waals surface area (Å²) in [5.74, 6) is 0.322. The Labute approximate surface area is 156 Å². The van der Waals surface area contributed by atoms with Crippen LogP contribution in [-0.2, 0) is 16.0 Å². The fourth-order valence-electron chi connectivity index (χ4n) is 3.00. The van der Waals surface area contributed by atoms with Crippen molar-refractivity contribution in [1.82, 2.24) is 9.80 Å². The van der Waals surface area contributed by atoms with Crippen LogP contribution in [0.1, 0.15) is 31.9 Å². The van der Waals surface area contributed by atoms with E-state index in [1.165, 1.54) is 0 Å². The third-order valence-electron chi connectivity index (χ3n) is 4.54. The van der Waals surface area contributed by atoms with E-state index in [9.17, 15) is 9.59 Å². The number of anilines is 1. The summed E-state index contributed by atoms with van der Waals surface area (Å²) >= 11 is 0. The second-order valence-electron chi connectivity index (χ2n) is 7.24. The van der Waals surface area contributed by atoms with Crippen molar-refractivity contribution in [1.29, 1.82) is 0 Å². The van der Waals surface area contributed by atoms with Crippen LogP contribution in [0.4, 0.5) is 10.5 Å². The molecule has 0 aliphatic carbocycles. The van der Waals surface area contributed by atoms with Gasteiger partial charge in [0.2, 0.25) is 5.91 Å². The van der Waals surface area contributed by atoms with Crippen molar-refractivity contribution in [2.24, 2.45) is 5.92 Å². The maximum absolute atomic E-state index is 12.4. The zero-order valence-corrected chi connectivity index (χ0v) is 16.4. The summed E-state index contributed by atoms with van der Waals surface area (Å²) in [6, 6.07) is 6.07. The van der Waals surface area contributed by atoms with Gasteiger partial charge in [-0.25, -0.2) is 4.79 Å². The summed E-state index contributed by atoms with van der Waals surface area (Å²) in [5.41, 5.74) is 3.15. The minimum absolute atomic E-state index is 0.00941. The molecule has 1 aromatic carbocycles. The maximum Gasteiger partial charge on any atom is 0.409 e. The lowest BCUT2D eigenvalue weighted by Gasteiger charge is -2.33. The van der Waals surface area contributed by atoms with Gasteiger partial charge < -0.3 is 15.0 Å². The van der Waals surface area contributed by atoms with Crippen molar-refractivity contribution < 1.29 is 14.3 Å². The Morgan fingerprint density at radius 1 is 1.19 bits per heavy atom. The number of para-hydroxylation sites is 1. The van der Waals surface area contributed by atoms with Gasteiger partial charge in [-0.1, -0.05) is 39.0 Å². The first kappa shape index (κ1) is 20.2. The number of rotatable bonds is 6. The monoisotopic (exact) mass is 361 g/mol. The first-order valence-corrected chi connectivity index (χ1v) is 9.43. The Bertz CT molecular complexity index is 623. The third-order valence-corrected chi connectivity index (χ3v) is 4.54. The van der Waals surface area contributed by atoms with E-state index in [-0.39, 0.29) is 12.0 Å². The minimum atomic E-state index is -0.254. The molecule has 26 heavy (non-hydrogen) atoms. The van der Waals surface area contributed by atoms with Gasteiger partial charge in [0.05, 0.1) is 13.2 Å². The summed E-state index contributed by atoms with van der Waals surface area (Å²) in [6.45, 7) is 11.5. The molecule has 1 aliphatic rings. The quantitative estimate of drug-likeness (QED) is 0.846. The molecule has 1 N–H and O–H groups in total. The summed E-state index contributed by atoms with van der Waals surface area (Å²) in [7, 11) is 0. The van der Waals surface area contributed by atoms with Crippen molar-refractivity contribution in [3.8, 4) is 0 Å². The van der Waals surface area contributed by atoms with Gasteiger partial charge in [0.25, 0.3) is 0 Å². The zero-order chi connectivity index (χ0) is 19.1. The topological polar surface area (TPSA) is 61.9 Å². The van der Waals surface area contributed by atoms with E-state index in [0.29, 0.717) is 45.2 Å². The minimum Gasteiger partial charge on any atom is -0.449 e. The third kappa shape index (κ3) is 5.73. The number of hydrogen-bond acceptors (Lipinski definition) is 4. The molecule has 6 heteroatoms. The summed E-state index contributed by atoms with van der Waals surface area (Å²) in [5, 5.41) is 3.06. The van der Waals surface area contributed by atoms with E-state index in [1.807, 2.05) is 39.0 Å². The summed E-state index contributed by atoms with van der Waals surface area (Å²) in [4.78, 5) is 28.2. The number of hydrogen-bond donors (Lipinski definition) is 1. The summed E-state index contributed by atoms with van der Waals surface area (Å²) in [6.07, 6.45) is 0.629. The number of nitrogens with zero attached hydrogens (tertiary/aromatic N) is 2. The molecule has 2 rings (SSSR count). The highest BCUT2D eigenvalue weighted by Gasteiger charge is 2.23.